The first-order chi connectivity index (χ1) is 17.5. The van der Waals surface area contributed by atoms with Gasteiger partial charge in [-0.05, 0) is 49.9 Å². The molecule has 2 fully saturated rings. The predicted octanol–water partition coefficient (Wildman–Crippen LogP) is 3.62. The Balaban J connectivity index is 1.20. The zero-order chi connectivity index (χ0) is 24.9. The van der Waals surface area contributed by atoms with Crippen LogP contribution >= 0.6 is 0 Å². The first-order valence-corrected chi connectivity index (χ1v) is 12.0. The summed E-state index contributed by atoms with van der Waals surface area (Å²) in [4.78, 5) is 26.1. The average Bonchev–Trinajstić information content (AvgIpc) is 3.39. The molecule has 1 atom stereocenters. The Kier molecular flexibility index (Phi) is 5.21. The quantitative estimate of drug-likeness (QED) is 0.414. The minimum Gasteiger partial charge on any atom is -0.364 e. The number of nitriles is 1. The molecular formula is C26H25FN8O. The fourth-order valence-electron chi connectivity index (χ4n) is 5.04. The molecule has 1 aliphatic carbocycles. The van der Waals surface area contributed by atoms with Crippen LogP contribution in [0.4, 0.5) is 10.1 Å². The Morgan fingerprint density at radius 2 is 2.17 bits per heavy atom. The van der Waals surface area contributed by atoms with Crippen molar-refractivity contribution in [3.8, 4) is 17.3 Å². The molecule has 2 aliphatic rings. The third-order valence-electron chi connectivity index (χ3n) is 7.31. The monoisotopic (exact) mass is 484 g/mol. The number of carbonyl (C=O) groups is 1. The summed E-state index contributed by atoms with van der Waals surface area (Å²) < 4.78 is 16.8. The number of anilines is 1. The van der Waals surface area contributed by atoms with E-state index in [1.165, 1.54) is 12.4 Å². The summed E-state index contributed by atoms with van der Waals surface area (Å²) in [5, 5.41) is 17.9. The number of aromatic amines is 1. The van der Waals surface area contributed by atoms with Crippen molar-refractivity contribution in [2.24, 2.45) is 5.92 Å². The summed E-state index contributed by atoms with van der Waals surface area (Å²) in [6.45, 7) is 2.83. The van der Waals surface area contributed by atoms with Crippen LogP contribution in [0.15, 0.2) is 49.2 Å². The van der Waals surface area contributed by atoms with Crippen molar-refractivity contribution in [3.05, 3.63) is 60.6 Å². The van der Waals surface area contributed by atoms with E-state index >= 15 is 4.39 Å². The van der Waals surface area contributed by atoms with Crippen LogP contribution in [0.2, 0.25) is 0 Å². The number of nitrogens with zero attached hydrogens (tertiary/aromatic N) is 6. The second-order valence-electron chi connectivity index (χ2n) is 9.82. The summed E-state index contributed by atoms with van der Waals surface area (Å²) in [5.74, 6) is -0.185. The number of halogens is 1. The fraction of sp³-hybridized carbons (Fsp3) is 0.346. The molecule has 6 rings (SSSR count). The Morgan fingerprint density at radius 1 is 1.33 bits per heavy atom. The summed E-state index contributed by atoms with van der Waals surface area (Å²) in [7, 11) is 0. The van der Waals surface area contributed by atoms with Crippen molar-refractivity contribution in [2.75, 3.05) is 18.0 Å². The second kappa shape index (κ2) is 8.45. The fourth-order valence-corrected chi connectivity index (χ4v) is 5.04. The van der Waals surface area contributed by atoms with Gasteiger partial charge in [0.2, 0.25) is 0 Å². The molecule has 1 saturated carbocycles. The molecule has 36 heavy (non-hydrogen) atoms. The van der Waals surface area contributed by atoms with E-state index in [0.29, 0.717) is 30.3 Å². The van der Waals surface area contributed by atoms with Gasteiger partial charge in [0, 0.05) is 48.0 Å². The van der Waals surface area contributed by atoms with Crippen LogP contribution in [0.1, 0.15) is 36.5 Å². The normalized spacial score (nSPS) is 17.4. The van der Waals surface area contributed by atoms with Gasteiger partial charge in [-0.25, -0.2) is 14.4 Å². The van der Waals surface area contributed by atoms with Gasteiger partial charge in [-0.1, -0.05) is 0 Å². The van der Waals surface area contributed by atoms with Gasteiger partial charge in [0.15, 0.2) is 0 Å². The van der Waals surface area contributed by atoms with Crippen molar-refractivity contribution < 1.29 is 9.18 Å². The van der Waals surface area contributed by atoms with Crippen LogP contribution in [-0.4, -0.2) is 49.8 Å². The number of benzene rings is 1. The number of amides is 1. The number of hydrogen-bond acceptors (Lipinski definition) is 6. The molecule has 1 amide bonds. The molecule has 1 aromatic carbocycles. The third-order valence-corrected chi connectivity index (χ3v) is 7.31. The minimum atomic E-state index is -0.584. The number of hydrogen-bond donors (Lipinski definition) is 2. The van der Waals surface area contributed by atoms with Gasteiger partial charge in [-0.3, -0.25) is 9.48 Å². The standard InChI is InChI=1S/C26H25FN8O/c1-16(17-2-3-17)33-25(36)18-4-5-22(21(27)10-18)34-13-26(14-34,7-8-28)35-12-19(11-32-35)23-20-6-9-29-24(20)31-15-30-23/h4-6,9-12,15-17H,2-3,7,13-14H2,1H3,(H,33,36)(H,29,30,31). The van der Waals surface area contributed by atoms with Crippen molar-refractivity contribution in [2.45, 2.75) is 37.8 Å². The van der Waals surface area contributed by atoms with Gasteiger partial charge in [0.25, 0.3) is 5.91 Å². The number of aromatic nitrogens is 5. The summed E-state index contributed by atoms with van der Waals surface area (Å²) in [6.07, 6.45) is 9.41. The van der Waals surface area contributed by atoms with Crippen LogP contribution in [0.5, 0.6) is 0 Å². The first kappa shape index (κ1) is 22.2. The molecule has 4 heterocycles. The van der Waals surface area contributed by atoms with E-state index in [1.54, 1.807) is 23.0 Å². The maximum absolute atomic E-state index is 15.0. The highest BCUT2D eigenvalue weighted by Crippen LogP contribution is 2.38. The summed E-state index contributed by atoms with van der Waals surface area (Å²) in [6, 6.07) is 8.85. The van der Waals surface area contributed by atoms with Crippen LogP contribution in [-0.2, 0) is 5.54 Å². The van der Waals surface area contributed by atoms with Crippen LogP contribution in [0, 0.1) is 23.1 Å². The number of rotatable bonds is 7. The summed E-state index contributed by atoms with van der Waals surface area (Å²) in [5.41, 5.74) is 2.45. The Morgan fingerprint density at radius 3 is 2.92 bits per heavy atom. The number of nitrogens with one attached hydrogen (secondary N) is 2. The molecule has 1 aliphatic heterocycles. The number of fused-ring (bicyclic) bond motifs is 1. The lowest BCUT2D eigenvalue weighted by atomic mass is 9.86. The van der Waals surface area contributed by atoms with Crippen molar-refractivity contribution in [1.29, 1.82) is 5.26 Å². The number of carbonyl (C=O) groups excluding carboxylic acids is 1. The highest BCUT2D eigenvalue weighted by molar-refractivity contribution is 5.95. The van der Waals surface area contributed by atoms with E-state index in [1.807, 2.05) is 30.3 Å². The van der Waals surface area contributed by atoms with E-state index in [9.17, 15) is 10.1 Å². The third kappa shape index (κ3) is 3.77. The number of H-pyrrole nitrogens is 1. The van der Waals surface area contributed by atoms with E-state index in [4.69, 9.17) is 0 Å². The lowest BCUT2D eigenvalue weighted by molar-refractivity contribution is 0.0935. The van der Waals surface area contributed by atoms with E-state index in [0.717, 1.165) is 35.1 Å². The molecule has 10 heteroatoms. The van der Waals surface area contributed by atoms with Crippen LogP contribution in [0.3, 0.4) is 0 Å². The highest BCUT2D eigenvalue weighted by Gasteiger charge is 2.46. The van der Waals surface area contributed by atoms with Gasteiger partial charge >= 0.3 is 0 Å². The van der Waals surface area contributed by atoms with E-state index in [2.05, 4.69) is 31.4 Å². The molecule has 1 unspecified atom stereocenters. The molecule has 182 valence electrons. The minimum absolute atomic E-state index is 0.0943. The summed E-state index contributed by atoms with van der Waals surface area (Å²) >= 11 is 0. The van der Waals surface area contributed by atoms with Crippen LogP contribution in [0.25, 0.3) is 22.3 Å². The molecule has 2 N–H and O–H groups in total. The van der Waals surface area contributed by atoms with E-state index in [-0.39, 0.29) is 18.4 Å². The predicted molar refractivity (Wildman–Crippen MR) is 132 cm³/mol. The molecule has 9 nitrogen and oxygen atoms in total. The Labute approximate surface area is 207 Å². The first-order valence-electron chi connectivity index (χ1n) is 12.0. The second-order valence-corrected chi connectivity index (χ2v) is 9.82. The van der Waals surface area contributed by atoms with Crippen molar-refractivity contribution >= 4 is 22.6 Å². The maximum Gasteiger partial charge on any atom is 0.251 e. The molecule has 0 radical (unpaired) electrons. The Hall–Kier alpha value is -4.26. The van der Waals surface area contributed by atoms with Gasteiger partial charge in [-0.2, -0.15) is 10.4 Å². The zero-order valence-corrected chi connectivity index (χ0v) is 19.8. The van der Waals surface area contributed by atoms with Crippen molar-refractivity contribution in [3.63, 3.8) is 0 Å². The van der Waals surface area contributed by atoms with Gasteiger partial charge in [0.05, 0.1) is 30.1 Å². The van der Waals surface area contributed by atoms with Crippen LogP contribution < -0.4 is 10.2 Å². The molecule has 1 saturated heterocycles. The average molecular weight is 485 g/mol. The smallest absolute Gasteiger partial charge is 0.251 e. The van der Waals surface area contributed by atoms with Gasteiger partial charge < -0.3 is 15.2 Å². The lowest BCUT2D eigenvalue weighted by Gasteiger charge is -2.50. The van der Waals surface area contributed by atoms with Crippen molar-refractivity contribution in [1.82, 2.24) is 30.0 Å². The molecule has 0 bridgehead atoms. The molecular weight excluding hydrogens is 459 g/mol. The SMILES string of the molecule is CC(NC(=O)c1ccc(N2CC(CC#N)(n3cc(-c4ncnc5[nH]ccc45)cn3)C2)c(F)c1)C1CC1. The van der Waals surface area contributed by atoms with Gasteiger partial charge in [0.1, 0.15) is 23.3 Å². The zero-order valence-electron chi connectivity index (χ0n) is 19.8. The largest absolute Gasteiger partial charge is 0.364 e. The molecule has 4 aromatic rings. The van der Waals surface area contributed by atoms with Gasteiger partial charge in [-0.15, -0.1) is 0 Å². The highest BCUT2D eigenvalue weighted by atomic mass is 19.1. The topological polar surface area (TPSA) is 116 Å². The lowest BCUT2D eigenvalue weighted by Crippen LogP contribution is -2.63. The maximum atomic E-state index is 15.0. The molecule has 0 spiro atoms. The molecule has 3 aromatic heterocycles. The Bertz CT molecular complexity index is 1490. The van der Waals surface area contributed by atoms with E-state index < -0.39 is 11.4 Å².